The van der Waals surface area contributed by atoms with Gasteiger partial charge >= 0.3 is 0 Å². The monoisotopic (exact) mass is 370 g/mol. The van der Waals surface area contributed by atoms with Gasteiger partial charge < -0.3 is 24.4 Å². The van der Waals surface area contributed by atoms with Crippen molar-refractivity contribution in [2.75, 3.05) is 44.6 Å². The highest BCUT2D eigenvalue weighted by atomic mass is 16.5. The van der Waals surface area contributed by atoms with Crippen molar-refractivity contribution in [1.82, 2.24) is 0 Å². The van der Waals surface area contributed by atoms with Crippen LogP contribution in [0.4, 0.5) is 11.4 Å². The number of benzene rings is 2. The Balaban J connectivity index is 1.68. The van der Waals surface area contributed by atoms with Gasteiger partial charge in [-0.05, 0) is 49.2 Å². The molecule has 27 heavy (non-hydrogen) atoms. The number of piperidine rings is 1. The van der Waals surface area contributed by atoms with Gasteiger partial charge in [-0.1, -0.05) is 0 Å². The highest BCUT2D eigenvalue weighted by Gasteiger charge is 2.19. The fourth-order valence-corrected chi connectivity index (χ4v) is 3.26. The molecule has 0 aromatic heterocycles. The summed E-state index contributed by atoms with van der Waals surface area (Å²) in [5.74, 6) is 0.942. The quantitative estimate of drug-likeness (QED) is 0.842. The molecule has 1 amide bonds. The zero-order valence-electron chi connectivity index (χ0n) is 16.0. The number of carbonyl (C=O) groups is 1. The molecule has 0 bridgehead atoms. The first kappa shape index (κ1) is 19.0. The molecule has 1 N–H and O–H groups in total. The molecule has 0 spiro atoms. The fraction of sp³-hybridized carbons (Fsp3) is 0.381. The van der Waals surface area contributed by atoms with Gasteiger partial charge in [0.15, 0.2) is 0 Å². The molecule has 0 radical (unpaired) electrons. The van der Waals surface area contributed by atoms with Gasteiger partial charge in [-0.2, -0.15) is 0 Å². The molecule has 1 aliphatic rings. The number of hydrogen-bond acceptors (Lipinski definition) is 5. The maximum Gasteiger partial charge on any atom is 0.255 e. The summed E-state index contributed by atoms with van der Waals surface area (Å²) in [6.07, 6.45) is 2.50. The van der Waals surface area contributed by atoms with Crippen LogP contribution in [0.25, 0.3) is 0 Å². The lowest BCUT2D eigenvalue weighted by Gasteiger charge is -2.33. The van der Waals surface area contributed by atoms with E-state index in [4.69, 9.17) is 14.2 Å². The van der Waals surface area contributed by atoms with E-state index in [0.29, 0.717) is 17.1 Å². The van der Waals surface area contributed by atoms with Crippen LogP contribution in [0.15, 0.2) is 42.5 Å². The molecular weight excluding hydrogens is 344 g/mol. The lowest BCUT2D eigenvalue weighted by Crippen LogP contribution is -2.39. The van der Waals surface area contributed by atoms with E-state index in [2.05, 4.69) is 10.2 Å². The Morgan fingerprint density at radius 1 is 1.04 bits per heavy atom. The topological polar surface area (TPSA) is 60.0 Å². The highest BCUT2D eigenvalue weighted by Crippen LogP contribution is 2.25. The number of hydrogen-bond donors (Lipinski definition) is 1. The maximum absolute atomic E-state index is 12.6. The second-order valence-electron chi connectivity index (χ2n) is 6.55. The van der Waals surface area contributed by atoms with Crippen molar-refractivity contribution >= 4 is 17.3 Å². The van der Waals surface area contributed by atoms with Gasteiger partial charge in [-0.25, -0.2) is 0 Å². The number of carbonyl (C=O) groups excluding carboxylic acids is 1. The third kappa shape index (κ3) is 4.71. The zero-order chi connectivity index (χ0) is 19.2. The normalized spacial score (nSPS) is 16.7. The summed E-state index contributed by atoms with van der Waals surface area (Å²) in [6.45, 7) is 1.92. The van der Waals surface area contributed by atoms with Crippen molar-refractivity contribution in [3.63, 3.8) is 0 Å². The molecule has 2 aromatic rings. The molecule has 6 nitrogen and oxygen atoms in total. The zero-order valence-corrected chi connectivity index (χ0v) is 16.0. The molecule has 144 valence electrons. The molecular formula is C21H26N2O4. The van der Waals surface area contributed by atoms with E-state index >= 15 is 0 Å². The molecule has 3 rings (SSSR count). The molecule has 1 atom stereocenters. The summed E-state index contributed by atoms with van der Waals surface area (Å²) in [7, 11) is 4.88. The Morgan fingerprint density at radius 2 is 1.70 bits per heavy atom. The Morgan fingerprint density at radius 3 is 2.30 bits per heavy atom. The standard InChI is InChI=1S/C21H26N2O4/c1-25-18-5-4-10-23(14-18)17-8-6-16(7-9-17)22-21(24)15-11-19(26-2)13-20(12-15)27-3/h6-9,11-13,18H,4-5,10,14H2,1-3H3,(H,22,24). The van der Waals surface area contributed by atoms with E-state index < -0.39 is 0 Å². The molecule has 6 heteroatoms. The molecule has 1 fully saturated rings. The van der Waals surface area contributed by atoms with Gasteiger partial charge in [-0.15, -0.1) is 0 Å². The lowest BCUT2D eigenvalue weighted by atomic mass is 10.1. The third-order valence-electron chi connectivity index (χ3n) is 4.82. The Hall–Kier alpha value is -2.73. The van der Waals surface area contributed by atoms with Crippen molar-refractivity contribution in [3.05, 3.63) is 48.0 Å². The summed E-state index contributed by atoms with van der Waals surface area (Å²) in [5, 5.41) is 2.92. The number of anilines is 2. The van der Waals surface area contributed by atoms with Crippen LogP contribution in [0, 0.1) is 0 Å². The van der Waals surface area contributed by atoms with Crippen LogP contribution >= 0.6 is 0 Å². The van der Waals surface area contributed by atoms with Crippen LogP contribution in [0.5, 0.6) is 11.5 Å². The van der Waals surface area contributed by atoms with Crippen molar-refractivity contribution in [1.29, 1.82) is 0 Å². The number of ether oxygens (including phenoxy) is 3. The predicted octanol–water partition coefficient (Wildman–Crippen LogP) is 3.57. The van der Waals surface area contributed by atoms with E-state index in [-0.39, 0.29) is 12.0 Å². The smallest absolute Gasteiger partial charge is 0.255 e. The van der Waals surface area contributed by atoms with E-state index in [1.165, 1.54) is 0 Å². The van der Waals surface area contributed by atoms with E-state index in [1.54, 1.807) is 39.5 Å². The van der Waals surface area contributed by atoms with Crippen LogP contribution in [0.1, 0.15) is 23.2 Å². The summed E-state index contributed by atoms with van der Waals surface area (Å²) < 4.78 is 15.9. The van der Waals surface area contributed by atoms with Crippen LogP contribution in [-0.2, 0) is 4.74 Å². The second kappa shape index (κ2) is 8.77. The van der Waals surface area contributed by atoms with E-state index in [9.17, 15) is 4.79 Å². The largest absolute Gasteiger partial charge is 0.497 e. The number of amides is 1. The molecule has 0 aliphatic carbocycles. The van der Waals surface area contributed by atoms with Gasteiger partial charge in [0.25, 0.3) is 5.91 Å². The number of methoxy groups -OCH3 is 3. The first-order chi connectivity index (χ1) is 13.1. The minimum atomic E-state index is -0.211. The summed E-state index contributed by atoms with van der Waals surface area (Å²) in [5.41, 5.74) is 2.36. The van der Waals surface area contributed by atoms with Crippen LogP contribution < -0.4 is 19.7 Å². The van der Waals surface area contributed by atoms with Crippen molar-refractivity contribution in [2.24, 2.45) is 0 Å². The molecule has 1 unspecified atom stereocenters. The number of rotatable bonds is 6. The predicted molar refractivity (Wildman–Crippen MR) is 106 cm³/mol. The average Bonchev–Trinajstić information content (AvgIpc) is 2.73. The van der Waals surface area contributed by atoms with Crippen LogP contribution in [0.3, 0.4) is 0 Å². The SMILES string of the molecule is COc1cc(OC)cc(C(=O)Nc2ccc(N3CCCC(OC)C3)cc2)c1. The number of nitrogens with one attached hydrogen (secondary N) is 1. The van der Waals surface area contributed by atoms with Crippen molar-refractivity contribution in [2.45, 2.75) is 18.9 Å². The Labute approximate surface area is 160 Å². The first-order valence-electron chi connectivity index (χ1n) is 9.05. The van der Waals surface area contributed by atoms with Gasteiger partial charge in [0.1, 0.15) is 11.5 Å². The Kier molecular flexibility index (Phi) is 6.19. The third-order valence-corrected chi connectivity index (χ3v) is 4.82. The molecule has 0 saturated carbocycles. The minimum Gasteiger partial charge on any atom is -0.497 e. The van der Waals surface area contributed by atoms with Gasteiger partial charge in [-0.3, -0.25) is 4.79 Å². The second-order valence-corrected chi connectivity index (χ2v) is 6.55. The number of nitrogens with zero attached hydrogens (tertiary/aromatic N) is 1. The van der Waals surface area contributed by atoms with Crippen molar-refractivity contribution in [3.8, 4) is 11.5 Å². The fourth-order valence-electron chi connectivity index (χ4n) is 3.26. The first-order valence-corrected chi connectivity index (χ1v) is 9.05. The van der Waals surface area contributed by atoms with Gasteiger partial charge in [0.05, 0.1) is 20.3 Å². The molecule has 2 aromatic carbocycles. The minimum absolute atomic E-state index is 0.211. The van der Waals surface area contributed by atoms with Gasteiger partial charge in [0.2, 0.25) is 0 Å². The molecule has 1 saturated heterocycles. The van der Waals surface area contributed by atoms with Crippen molar-refractivity contribution < 1.29 is 19.0 Å². The summed E-state index contributed by atoms with van der Waals surface area (Å²) in [6, 6.07) is 13.0. The molecule has 1 aliphatic heterocycles. The highest BCUT2D eigenvalue weighted by molar-refractivity contribution is 6.04. The summed E-state index contributed by atoms with van der Waals surface area (Å²) in [4.78, 5) is 14.9. The summed E-state index contributed by atoms with van der Waals surface area (Å²) >= 11 is 0. The molecule has 1 heterocycles. The van der Waals surface area contributed by atoms with E-state index in [1.807, 2.05) is 24.3 Å². The van der Waals surface area contributed by atoms with Crippen LogP contribution in [0.2, 0.25) is 0 Å². The maximum atomic E-state index is 12.6. The average molecular weight is 370 g/mol. The Bertz CT molecular complexity index is 754. The lowest BCUT2D eigenvalue weighted by molar-refractivity contribution is 0.0893. The van der Waals surface area contributed by atoms with E-state index in [0.717, 1.165) is 37.3 Å². The van der Waals surface area contributed by atoms with Gasteiger partial charge in [0, 0.05) is 43.2 Å². The van der Waals surface area contributed by atoms with Crippen LogP contribution in [-0.4, -0.2) is 46.4 Å².